The average Bonchev–Trinajstić information content (AvgIpc) is 2.65. The first-order valence-electron chi connectivity index (χ1n) is 8.06. The predicted molar refractivity (Wildman–Crippen MR) is 107 cm³/mol. The summed E-state index contributed by atoms with van der Waals surface area (Å²) >= 11 is 0. The van der Waals surface area contributed by atoms with Gasteiger partial charge < -0.3 is 10.2 Å². The van der Waals surface area contributed by atoms with Crippen LogP contribution in [0.15, 0.2) is 67.4 Å². The lowest BCUT2D eigenvalue weighted by Gasteiger charge is -2.09. The zero-order valence-corrected chi connectivity index (χ0v) is 17.8. The molecule has 170 valence electrons. The van der Waals surface area contributed by atoms with Gasteiger partial charge in [-0.15, -0.1) is 10.2 Å². The number of phenolic OH excluding ortho intramolecular Hbond substituents is 2. The van der Waals surface area contributed by atoms with Crippen molar-refractivity contribution in [2.24, 2.45) is 10.2 Å². The SMILES string of the molecule is O=S(=O)(O)c1ccc(N=Nc2c(O)c(S(=O)(=O)O)cc3cc(S(=O)(=O)O)ccc23)c(O)c1. The highest BCUT2D eigenvalue weighted by atomic mass is 32.2. The quantitative estimate of drug-likeness (QED) is 0.250. The topological polar surface area (TPSA) is 228 Å². The third-order valence-electron chi connectivity index (χ3n) is 4.10. The largest absolute Gasteiger partial charge is 0.506 e. The van der Waals surface area contributed by atoms with Crippen LogP contribution in [0.3, 0.4) is 0 Å². The maximum atomic E-state index is 11.6. The van der Waals surface area contributed by atoms with Crippen molar-refractivity contribution in [3.05, 3.63) is 42.5 Å². The van der Waals surface area contributed by atoms with E-state index in [9.17, 15) is 44.6 Å². The van der Waals surface area contributed by atoms with Crippen LogP contribution in [0.25, 0.3) is 10.8 Å². The van der Waals surface area contributed by atoms with Crippen molar-refractivity contribution in [2.75, 3.05) is 0 Å². The van der Waals surface area contributed by atoms with E-state index in [0.717, 1.165) is 36.4 Å². The summed E-state index contributed by atoms with van der Waals surface area (Å²) in [6, 6.07) is 6.10. The minimum Gasteiger partial charge on any atom is -0.506 e. The summed E-state index contributed by atoms with van der Waals surface area (Å²) in [5.41, 5.74) is -0.910. The van der Waals surface area contributed by atoms with Crippen molar-refractivity contribution in [3.8, 4) is 11.5 Å². The van der Waals surface area contributed by atoms with Crippen molar-refractivity contribution >= 4 is 52.5 Å². The molecule has 0 saturated carbocycles. The Morgan fingerprint density at radius 1 is 0.656 bits per heavy atom. The van der Waals surface area contributed by atoms with Gasteiger partial charge in [-0.1, -0.05) is 6.07 Å². The van der Waals surface area contributed by atoms with Crippen LogP contribution >= 0.6 is 0 Å². The molecule has 0 atom stereocenters. The Balaban J connectivity index is 2.26. The Morgan fingerprint density at radius 3 is 1.75 bits per heavy atom. The number of phenols is 2. The summed E-state index contributed by atoms with van der Waals surface area (Å²) in [6.07, 6.45) is 0. The zero-order valence-electron chi connectivity index (χ0n) is 15.3. The molecule has 0 aliphatic heterocycles. The number of azo groups is 1. The number of hydrogen-bond donors (Lipinski definition) is 5. The van der Waals surface area contributed by atoms with E-state index in [1.54, 1.807) is 0 Å². The molecule has 5 N–H and O–H groups in total. The van der Waals surface area contributed by atoms with E-state index in [-0.39, 0.29) is 16.5 Å². The van der Waals surface area contributed by atoms with Crippen molar-refractivity contribution in [3.63, 3.8) is 0 Å². The second kappa shape index (κ2) is 7.76. The molecule has 0 radical (unpaired) electrons. The molecule has 3 rings (SSSR count). The lowest BCUT2D eigenvalue weighted by molar-refractivity contribution is 0.444. The predicted octanol–water partition coefficient (Wildman–Crippen LogP) is 2.41. The summed E-state index contributed by atoms with van der Waals surface area (Å²) in [4.78, 5) is -2.30. The molecular weight excluding hydrogens is 492 g/mol. The van der Waals surface area contributed by atoms with Gasteiger partial charge in [0.05, 0.1) is 9.79 Å². The Hall–Kier alpha value is -3.15. The second-order valence-corrected chi connectivity index (χ2v) is 10.5. The number of aromatic hydroxyl groups is 2. The molecule has 0 aliphatic carbocycles. The molecule has 16 heteroatoms. The van der Waals surface area contributed by atoms with Crippen molar-refractivity contribution in [1.29, 1.82) is 0 Å². The van der Waals surface area contributed by atoms with Crippen LogP contribution in [0.2, 0.25) is 0 Å². The number of fused-ring (bicyclic) bond motifs is 1. The van der Waals surface area contributed by atoms with Crippen LogP contribution in [0, 0.1) is 0 Å². The van der Waals surface area contributed by atoms with Gasteiger partial charge in [-0.05, 0) is 35.7 Å². The molecule has 0 spiro atoms. The van der Waals surface area contributed by atoms with E-state index in [2.05, 4.69) is 10.2 Å². The van der Waals surface area contributed by atoms with Crippen LogP contribution in [0.5, 0.6) is 11.5 Å². The maximum absolute atomic E-state index is 11.6. The van der Waals surface area contributed by atoms with Crippen molar-refractivity contribution < 1.29 is 49.1 Å². The fourth-order valence-corrected chi connectivity index (χ4v) is 4.27. The minimum atomic E-state index is -5.02. The smallest absolute Gasteiger partial charge is 0.298 e. The Bertz CT molecular complexity index is 1610. The van der Waals surface area contributed by atoms with Crippen LogP contribution < -0.4 is 0 Å². The van der Waals surface area contributed by atoms with Gasteiger partial charge in [-0.3, -0.25) is 13.7 Å². The molecule has 3 aromatic rings. The number of hydrogen-bond acceptors (Lipinski definition) is 10. The summed E-state index contributed by atoms with van der Waals surface area (Å²) in [5.74, 6) is -1.80. The standard InChI is InChI=1S/C16H12N2O11S3/c19-13-7-10(31(24,25)26)2-4-12(13)17-18-15-11-3-1-9(30(21,22)23)5-8(11)6-14(16(15)20)32(27,28)29/h1-7,19-20H,(H,21,22,23)(H,24,25,26)(H,27,28,29). The lowest BCUT2D eigenvalue weighted by Crippen LogP contribution is -2.00. The average molecular weight is 504 g/mol. The molecule has 13 nitrogen and oxygen atoms in total. The highest BCUT2D eigenvalue weighted by Crippen LogP contribution is 2.42. The minimum absolute atomic E-state index is 0.0555. The van der Waals surface area contributed by atoms with Gasteiger partial charge in [0, 0.05) is 11.5 Å². The summed E-state index contributed by atoms with van der Waals surface area (Å²) in [7, 11) is -14.3. The third-order valence-corrected chi connectivity index (χ3v) is 6.67. The summed E-state index contributed by atoms with van der Waals surface area (Å²) in [5, 5.41) is 27.2. The van der Waals surface area contributed by atoms with E-state index >= 15 is 0 Å². The molecule has 32 heavy (non-hydrogen) atoms. The van der Waals surface area contributed by atoms with Gasteiger partial charge >= 0.3 is 0 Å². The van der Waals surface area contributed by atoms with E-state index in [0.29, 0.717) is 6.07 Å². The lowest BCUT2D eigenvalue weighted by atomic mass is 10.1. The first kappa shape index (κ1) is 23.5. The number of rotatable bonds is 5. The normalized spacial score (nSPS) is 13.1. The number of nitrogens with zero attached hydrogens (tertiary/aromatic N) is 2. The molecule has 0 unspecified atom stereocenters. The third kappa shape index (κ3) is 4.69. The molecule has 0 heterocycles. The molecule has 3 aromatic carbocycles. The van der Waals surface area contributed by atoms with E-state index < -0.39 is 62.2 Å². The van der Waals surface area contributed by atoms with E-state index in [1.165, 1.54) is 0 Å². The second-order valence-electron chi connectivity index (χ2n) is 6.23. The van der Waals surface area contributed by atoms with Gasteiger partial charge in [0.15, 0.2) is 5.75 Å². The fourth-order valence-electron chi connectivity index (χ4n) is 2.64. The maximum Gasteiger partial charge on any atom is 0.298 e. The van der Waals surface area contributed by atoms with Crippen LogP contribution in [-0.4, -0.2) is 49.1 Å². The molecule has 0 aromatic heterocycles. The van der Waals surface area contributed by atoms with Gasteiger partial charge in [-0.25, -0.2) is 0 Å². The van der Waals surface area contributed by atoms with Gasteiger partial charge in [-0.2, -0.15) is 25.3 Å². The van der Waals surface area contributed by atoms with Gasteiger partial charge in [0.1, 0.15) is 22.0 Å². The van der Waals surface area contributed by atoms with Gasteiger partial charge in [0.25, 0.3) is 30.4 Å². The number of benzene rings is 3. The monoisotopic (exact) mass is 504 g/mol. The first-order chi connectivity index (χ1) is 14.6. The van der Waals surface area contributed by atoms with Crippen molar-refractivity contribution in [2.45, 2.75) is 14.7 Å². The molecule has 0 saturated heterocycles. The first-order valence-corrected chi connectivity index (χ1v) is 12.4. The molecule has 0 amide bonds. The van der Waals surface area contributed by atoms with E-state index in [1.807, 2.05) is 0 Å². The molecule has 0 aliphatic rings. The summed E-state index contributed by atoms with van der Waals surface area (Å²) < 4.78 is 95.8. The van der Waals surface area contributed by atoms with Crippen LogP contribution in [0.4, 0.5) is 11.4 Å². The highest BCUT2D eigenvalue weighted by molar-refractivity contribution is 7.86. The zero-order chi connectivity index (χ0) is 24.1. The van der Waals surface area contributed by atoms with Crippen LogP contribution in [-0.2, 0) is 30.4 Å². The Kier molecular flexibility index (Phi) is 5.71. The fraction of sp³-hybridized carbons (Fsp3) is 0. The van der Waals surface area contributed by atoms with Crippen LogP contribution in [0.1, 0.15) is 0 Å². The highest BCUT2D eigenvalue weighted by Gasteiger charge is 2.23. The Labute approximate surface area is 180 Å². The molecule has 0 fully saturated rings. The van der Waals surface area contributed by atoms with Crippen molar-refractivity contribution in [1.82, 2.24) is 0 Å². The van der Waals surface area contributed by atoms with E-state index in [4.69, 9.17) is 4.55 Å². The van der Waals surface area contributed by atoms with Gasteiger partial charge in [0.2, 0.25) is 0 Å². The Morgan fingerprint density at radius 2 is 1.22 bits per heavy atom. The molecular formula is C16H12N2O11S3. The molecule has 0 bridgehead atoms. The summed E-state index contributed by atoms with van der Waals surface area (Å²) in [6.45, 7) is 0.